The summed E-state index contributed by atoms with van der Waals surface area (Å²) >= 11 is 12.1. The van der Waals surface area contributed by atoms with Crippen molar-refractivity contribution in [1.82, 2.24) is 0 Å². The van der Waals surface area contributed by atoms with Crippen LogP contribution in [0.15, 0.2) is 23.1 Å². The molecule has 1 nitrogen and oxygen atoms in total. The molecule has 18 heavy (non-hydrogen) atoms. The molecule has 1 rings (SSSR count). The van der Waals surface area contributed by atoms with Crippen LogP contribution in [0.25, 0.3) is 0 Å². The molecule has 0 aliphatic heterocycles. The third-order valence-corrected chi connectivity index (χ3v) is 4.47. The summed E-state index contributed by atoms with van der Waals surface area (Å²) in [5.74, 6) is 0. The Labute approximate surface area is 118 Å². The molecule has 2 N–H and O–H groups in total. The number of rotatable bonds is 4. The number of alkyl halides is 3. The van der Waals surface area contributed by atoms with Gasteiger partial charge in [-0.3, -0.25) is 0 Å². The third kappa shape index (κ3) is 4.23. The molecule has 0 aliphatic carbocycles. The van der Waals surface area contributed by atoms with E-state index in [0.29, 0.717) is 21.7 Å². The van der Waals surface area contributed by atoms with E-state index in [9.17, 15) is 13.2 Å². The fraction of sp³-hybridized carbons (Fsp3) is 0.455. The van der Waals surface area contributed by atoms with Crippen molar-refractivity contribution in [1.29, 1.82) is 0 Å². The highest BCUT2D eigenvalue weighted by Gasteiger charge is 2.43. The summed E-state index contributed by atoms with van der Waals surface area (Å²) in [5.41, 5.74) is 5.52. The van der Waals surface area contributed by atoms with E-state index in [-0.39, 0.29) is 11.4 Å². The molecular formula is C11H12Cl2F3NS. The van der Waals surface area contributed by atoms with E-state index in [4.69, 9.17) is 28.9 Å². The molecule has 0 spiro atoms. The number of nitrogens with two attached hydrogens (primary N) is 1. The van der Waals surface area contributed by atoms with Crippen molar-refractivity contribution < 1.29 is 13.2 Å². The lowest BCUT2D eigenvalue weighted by molar-refractivity contribution is -0.132. The lowest BCUT2D eigenvalue weighted by Crippen LogP contribution is -2.42. The summed E-state index contributed by atoms with van der Waals surface area (Å²) < 4.78 is 38.6. The first kappa shape index (κ1) is 16.0. The summed E-state index contributed by atoms with van der Waals surface area (Å²) in [6.07, 6.45) is -4.11. The maximum atomic E-state index is 12.9. The average Bonchev–Trinajstić information content (AvgIpc) is 2.28. The fourth-order valence-corrected chi connectivity index (χ4v) is 2.80. The molecular weight excluding hydrogens is 306 g/mol. The zero-order chi connectivity index (χ0) is 13.9. The van der Waals surface area contributed by atoms with Crippen LogP contribution >= 0.6 is 35.0 Å². The lowest BCUT2D eigenvalue weighted by atomic mass is 10.1. The predicted molar refractivity (Wildman–Crippen MR) is 70.4 cm³/mol. The van der Waals surface area contributed by atoms with Crippen molar-refractivity contribution in [3.63, 3.8) is 0 Å². The summed E-state index contributed by atoms with van der Waals surface area (Å²) in [7, 11) is 0. The number of benzene rings is 1. The first-order valence-electron chi connectivity index (χ1n) is 5.19. The van der Waals surface area contributed by atoms with E-state index in [1.807, 2.05) is 0 Å². The van der Waals surface area contributed by atoms with Gasteiger partial charge in [0.2, 0.25) is 0 Å². The van der Waals surface area contributed by atoms with Gasteiger partial charge in [-0.2, -0.15) is 13.2 Å². The van der Waals surface area contributed by atoms with Gasteiger partial charge in [-0.05, 0) is 24.6 Å². The maximum absolute atomic E-state index is 12.9. The quantitative estimate of drug-likeness (QED) is 0.811. The average molecular weight is 318 g/mol. The van der Waals surface area contributed by atoms with E-state index >= 15 is 0 Å². The standard InChI is InChI=1S/C11H12Cl2F3NS/c1-2-9(17)10(11(14,15)16)18-6-3-4-7(12)8(13)5-6/h3-5,9-10H,2,17H2,1H3. The van der Waals surface area contributed by atoms with Crippen LogP contribution in [0, 0.1) is 0 Å². The first-order chi connectivity index (χ1) is 8.25. The molecule has 0 saturated heterocycles. The number of thioether (sulfide) groups is 1. The highest BCUT2D eigenvalue weighted by Crippen LogP contribution is 2.39. The molecule has 102 valence electrons. The van der Waals surface area contributed by atoms with Gasteiger partial charge in [-0.15, -0.1) is 11.8 Å². The Balaban J connectivity index is 2.93. The maximum Gasteiger partial charge on any atom is 0.402 e. The van der Waals surface area contributed by atoms with Crippen LogP contribution in [0.1, 0.15) is 13.3 Å². The second-order valence-corrected chi connectivity index (χ2v) is 5.76. The van der Waals surface area contributed by atoms with E-state index in [2.05, 4.69) is 0 Å². The van der Waals surface area contributed by atoms with Crippen LogP contribution in [-0.4, -0.2) is 17.5 Å². The van der Waals surface area contributed by atoms with Crippen LogP contribution in [0.4, 0.5) is 13.2 Å². The van der Waals surface area contributed by atoms with Crippen LogP contribution in [0.3, 0.4) is 0 Å². The molecule has 0 bridgehead atoms. The smallest absolute Gasteiger partial charge is 0.326 e. The van der Waals surface area contributed by atoms with E-state index in [1.165, 1.54) is 18.2 Å². The Morgan fingerprint density at radius 2 is 1.89 bits per heavy atom. The van der Waals surface area contributed by atoms with Gasteiger partial charge in [-0.25, -0.2) is 0 Å². The molecule has 0 heterocycles. The SMILES string of the molecule is CCC(N)C(Sc1ccc(Cl)c(Cl)c1)C(F)(F)F. The van der Waals surface area contributed by atoms with Gasteiger partial charge in [-0.1, -0.05) is 30.1 Å². The van der Waals surface area contributed by atoms with Crippen LogP contribution in [0.5, 0.6) is 0 Å². The highest BCUT2D eigenvalue weighted by atomic mass is 35.5. The first-order valence-corrected chi connectivity index (χ1v) is 6.83. The van der Waals surface area contributed by atoms with Crippen molar-refractivity contribution >= 4 is 35.0 Å². The Morgan fingerprint density at radius 3 is 2.33 bits per heavy atom. The van der Waals surface area contributed by atoms with Gasteiger partial charge >= 0.3 is 6.18 Å². The van der Waals surface area contributed by atoms with Crippen molar-refractivity contribution in [3.05, 3.63) is 28.2 Å². The van der Waals surface area contributed by atoms with Gasteiger partial charge in [0, 0.05) is 10.9 Å². The summed E-state index contributed by atoms with van der Waals surface area (Å²) in [6, 6.07) is 3.43. The third-order valence-electron chi connectivity index (χ3n) is 2.34. The van der Waals surface area contributed by atoms with Crippen molar-refractivity contribution in [3.8, 4) is 0 Å². The largest absolute Gasteiger partial charge is 0.402 e. The fourth-order valence-electron chi connectivity index (χ4n) is 1.31. The molecule has 0 saturated carbocycles. The zero-order valence-electron chi connectivity index (χ0n) is 9.47. The molecule has 0 aliphatic rings. The summed E-state index contributed by atoms with van der Waals surface area (Å²) in [5, 5.41) is -1.11. The topological polar surface area (TPSA) is 26.0 Å². The second kappa shape index (κ2) is 6.37. The molecule has 0 aromatic heterocycles. The number of hydrogen-bond acceptors (Lipinski definition) is 2. The molecule has 2 atom stereocenters. The normalized spacial score (nSPS) is 15.5. The molecule has 0 fully saturated rings. The van der Waals surface area contributed by atoms with Crippen molar-refractivity contribution in [2.24, 2.45) is 5.73 Å². The molecule has 1 aromatic rings. The van der Waals surface area contributed by atoms with Gasteiger partial charge in [0.1, 0.15) is 5.25 Å². The van der Waals surface area contributed by atoms with Crippen molar-refractivity contribution in [2.75, 3.05) is 0 Å². The molecule has 0 radical (unpaired) electrons. The Bertz CT molecular complexity index is 412. The molecule has 7 heteroatoms. The van der Waals surface area contributed by atoms with Crippen LogP contribution < -0.4 is 5.73 Å². The van der Waals surface area contributed by atoms with Gasteiger partial charge in [0.05, 0.1) is 10.0 Å². The van der Waals surface area contributed by atoms with E-state index < -0.39 is 17.5 Å². The van der Waals surface area contributed by atoms with Gasteiger partial charge < -0.3 is 5.73 Å². The number of hydrogen-bond donors (Lipinski definition) is 1. The summed E-state index contributed by atoms with van der Waals surface area (Å²) in [6.45, 7) is 1.62. The van der Waals surface area contributed by atoms with E-state index in [0.717, 1.165) is 0 Å². The molecule has 2 unspecified atom stereocenters. The van der Waals surface area contributed by atoms with Gasteiger partial charge in [0.15, 0.2) is 0 Å². The highest BCUT2D eigenvalue weighted by molar-refractivity contribution is 8.00. The monoisotopic (exact) mass is 317 g/mol. The summed E-state index contributed by atoms with van der Waals surface area (Å²) in [4.78, 5) is 0.399. The minimum Gasteiger partial charge on any atom is -0.326 e. The van der Waals surface area contributed by atoms with E-state index in [1.54, 1.807) is 6.92 Å². The van der Waals surface area contributed by atoms with Crippen LogP contribution in [-0.2, 0) is 0 Å². The minimum atomic E-state index is -4.35. The molecule has 0 amide bonds. The Morgan fingerprint density at radius 1 is 1.28 bits per heavy atom. The molecule has 1 aromatic carbocycles. The second-order valence-electron chi connectivity index (χ2n) is 3.73. The number of halogens is 5. The van der Waals surface area contributed by atoms with Crippen LogP contribution in [0.2, 0.25) is 10.0 Å². The minimum absolute atomic E-state index is 0.229. The Hall–Kier alpha value is -0.100. The lowest BCUT2D eigenvalue weighted by Gasteiger charge is -2.25. The Kier molecular flexibility index (Phi) is 5.65. The predicted octanol–water partition coefficient (Wildman–Crippen LogP) is 4.75. The zero-order valence-corrected chi connectivity index (χ0v) is 11.8. The van der Waals surface area contributed by atoms with Gasteiger partial charge in [0.25, 0.3) is 0 Å². The van der Waals surface area contributed by atoms with Crippen molar-refractivity contribution in [2.45, 2.75) is 35.7 Å².